The Kier molecular flexibility index (Phi) is 11.9. The number of aliphatic hydroxyl groups is 1. The first-order valence-electron chi connectivity index (χ1n) is 23.3. The topological polar surface area (TPSA) is 197 Å². The molecule has 7 aliphatic rings. The standard InChI is InChI=1S/C48H60N4O8.CH4O4S/c1-7-45-18-12-20-52-22-19-46(40(45)52)34-23-35(38(57-4)24-37(34)50(3)41(46)48(56,44(55)59-6)42(45)60-28(2)53)47(43(54)58-5)25-30-27-51(26-29-13-8-9-14-31(29)30)21-17-33-32-15-10-11-16-36(32)49-39(33)47;1-5-6(2,3)4/h10-12,15-16,18,23-24,29-31,40-42,49,56H,7-9,13-14,17,19-22,25-27H2,1-6H3;1H3,(H,2,3,4)/t29?,30?,31?,40-,41?,42?,45+,46?,47+,48+;/m0./s1. The molecule has 5 aliphatic heterocycles. The molecule has 10 rings (SSSR count). The van der Waals surface area contributed by atoms with E-state index >= 15 is 4.79 Å². The molecule has 358 valence electrons. The highest BCUT2D eigenvalue weighted by Gasteiger charge is 2.80. The van der Waals surface area contributed by atoms with Crippen LogP contribution in [0.4, 0.5) is 5.69 Å². The number of fused-ring (bicyclic) bond motifs is 8. The number of aromatic amines is 1. The number of rotatable bonds is 7. The molecule has 11 atom stereocenters. The number of para-hydroxylation sites is 1. The normalized spacial score (nSPS) is 35.3. The minimum atomic E-state index is -4.16. The van der Waals surface area contributed by atoms with Crippen molar-refractivity contribution in [2.24, 2.45) is 23.2 Å². The zero-order chi connectivity index (χ0) is 47.1. The second-order valence-electron chi connectivity index (χ2n) is 19.6. The van der Waals surface area contributed by atoms with Crippen molar-refractivity contribution in [3.05, 3.63) is 70.9 Å². The molecule has 66 heavy (non-hydrogen) atoms. The second-order valence-corrected chi connectivity index (χ2v) is 20.8. The van der Waals surface area contributed by atoms with E-state index in [1.807, 2.05) is 31.0 Å². The zero-order valence-corrected chi connectivity index (χ0v) is 39.8. The van der Waals surface area contributed by atoms with Gasteiger partial charge in [0.15, 0.2) is 6.10 Å². The summed E-state index contributed by atoms with van der Waals surface area (Å²) in [5, 5.41) is 14.5. The van der Waals surface area contributed by atoms with Gasteiger partial charge in [0.25, 0.3) is 0 Å². The summed E-state index contributed by atoms with van der Waals surface area (Å²) in [5.74, 6) is 0.0532. The number of nitrogens with zero attached hydrogens (tertiary/aromatic N) is 3. The first-order chi connectivity index (χ1) is 31.5. The number of piperidine rings is 1. The molecule has 16 nitrogen and oxygen atoms in total. The second kappa shape index (κ2) is 16.9. The molecule has 2 saturated carbocycles. The van der Waals surface area contributed by atoms with Gasteiger partial charge in [0.2, 0.25) is 5.60 Å². The lowest BCUT2D eigenvalue weighted by atomic mass is 9.47. The van der Waals surface area contributed by atoms with Gasteiger partial charge in [-0.3, -0.25) is 23.2 Å². The van der Waals surface area contributed by atoms with Crippen LogP contribution in [0.15, 0.2) is 48.6 Å². The van der Waals surface area contributed by atoms with Crippen LogP contribution in [0.3, 0.4) is 0 Å². The maximum Gasteiger partial charge on any atom is 0.397 e. The summed E-state index contributed by atoms with van der Waals surface area (Å²) >= 11 is 0. The molecule has 2 bridgehead atoms. The first kappa shape index (κ1) is 46.6. The van der Waals surface area contributed by atoms with Crippen LogP contribution in [0.2, 0.25) is 0 Å². The highest BCUT2D eigenvalue weighted by molar-refractivity contribution is 7.80. The van der Waals surface area contributed by atoms with Crippen molar-refractivity contribution in [2.45, 2.75) is 99.8 Å². The van der Waals surface area contributed by atoms with Gasteiger partial charge in [-0.05, 0) is 86.1 Å². The van der Waals surface area contributed by atoms with Crippen LogP contribution in [0.25, 0.3) is 10.9 Å². The number of H-pyrrole nitrogens is 1. The lowest BCUT2D eigenvalue weighted by Crippen LogP contribution is -2.81. The lowest BCUT2D eigenvalue weighted by Gasteiger charge is -2.63. The molecule has 3 N–H and O–H groups in total. The molecule has 7 unspecified atom stereocenters. The van der Waals surface area contributed by atoms with Gasteiger partial charge in [0.1, 0.15) is 11.2 Å². The average molecular weight is 933 g/mol. The Bertz CT molecular complexity index is 2560. The van der Waals surface area contributed by atoms with Crippen LogP contribution in [-0.4, -0.2) is 143 Å². The van der Waals surface area contributed by atoms with Gasteiger partial charge in [0, 0.05) is 90.9 Å². The van der Waals surface area contributed by atoms with E-state index in [0.29, 0.717) is 49.9 Å². The van der Waals surface area contributed by atoms with Gasteiger partial charge >= 0.3 is 28.3 Å². The third kappa shape index (κ3) is 6.68. The summed E-state index contributed by atoms with van der Waals surface area (Å²) in [6.45, 7) is 7.65. The number of methoxy groups -OCH3 is 3. The Balaban J connectivity index is 0.000000857. The molecule has 1 aromatic heterocycles. The maximum absolute atomic E-state index is 15.5. The highest BCUT2D eigenvalue weighted by atomic mass is 32.3. The Hall–Kier alpha value is -4.52. The fraction of sp³-hybridized carbons (Fsp3) is 0.612. The fourth-order valence-electron chi connectivity index (χ4n) is 14.7. The smallest absolute Gasteiger partial charge is 0.397 e. The number of carbonyl (C=O) groups is 3. The van der Waals surface area contributed by atoms with E-state index in [1.54, 1.807) is 7.11 Å². The average Bonchev–Trinajstić information content (AvgIpc) is 3.98. The number of hydrogen-bond acceptors (Lipinski definition) is 14. The number of carbonyl (C=O) groups excluding carboxylic acids is 3. The molecule has 2 aromatic carbocycles. The number of likely N-dealkylation sites (N-methyl/N-ethyl adjacent to an activating group) is 1. The number of ether oxygens (including phenoxy) is 4. The van der Waals surface area contributed by atoms with Crippen LogP contribution in [0.5, 0.6) is 5.75 Å². The zero-order valence-electron chi connectivity index (χ0n) is 39.0. The molecule has 3 aromatic rings. The molecule has 2 saturated heterocycles. The third-order valence-corrected chi connectivity index (χ3v) is 17.4. The van der Waals surface area contributed by atoms with Gasteiger partial charge in [-0.2, -0.15) is 8.42 Å². The van der Waals surface area contributed by atoms with Crippen molar-refractivity contribution < 1.29 is 55.6 Å². The van der Waals surface area contributed by atoms with E-state index < -0.39 is 56.3 Å². The number of anilines is 1. The molecule has 0 amide bonds. The Morgan fingerprint density at radius 1 is 0.939 bits per heavy atom. The van der Waals surface area contributed by atoms with E-state index in [-0.39, 0.29) is 17.9 Å². The van der Waals surface area contributed by atoms with Crippen molar-refractivity contribution in [2.75, 3.05) is 73.1 Å². The van der Waals surface area contributed by atoms with Crippen LogP contribution in [0, 0.1) is 23.2 Å². The molecule has 4 fully saturated rings. The summed E-state index contributed by atoms with van der Waals surface area (Å²) < 4.78 is 53.9. The molecule has 17 heteroatoms. The van der Waals surface area contributed by atoms with Crippen molar-refractivity contribution >= 4 is 44.9 Å². The van der Waals surface area contributed by atoms with Crippen molar-refractivity contribution in [3.8, 4) is 5.75 Å². The number of esters is 3. The van der Waals surface area contributed by atoms with E-state index in [2.05, 4.69) is 55.4 Å². The first-order valence-corrected chi connectivity index (χ1v) is 24.7. The Morgan fingerprint density at radius 2 is 1.65 bits per heavy atom. The lowest BCUT2D eigenvalue weighted by molar-refractivity contribution is -0.228. The molecule has 0 radical (unpaired) electrons. The molecular formula is C49H64N4O12S. The van der Waals surface area contributed by atoms with Crippen molar-refractivity contribution in [3.63, 3.8) is 0 Å². The van der Waals surface area contributed by atoms with E-state index in [9.17, 15) is 23.1 Å². The summed E-state index contributed by atoms with van der Waals surface area (Å²) in [5.41, 5.74) is 0.0512. The molecule has 2 aliphatic carbocycles. The van der Waals surface area contributed by atoms with E-state index in [1.165, 1.54) is 40.4 Å². The minimum Gasteiger partial charge on any atom is -0.496 e. The number of hydrogen-bond donors (Lipinski definition) is 3. The van der Waals surface area contributed by atoms with Gasteiger partial charge < -0.3 is 38.8 Å². The summed E-state index contributed by atoms with van der Waals surface area (Å²) in [6.07, 6.45) is 10.1. The van der Waals surface area contributed by atoms with Crippen molar-refractivity contribution in [1.29, 1.82) is 0 Å². The Labute approximate surface area is 386 Å². The van der Waals surface area contributed by atoms with Crippen LogP contribution >= 0.6 is 0 Å². The predicted octanol–water partition coefficient (Wildman–Crippen LogP) is 4.70. The highest BCUT2D eigenvalue weighted by Crippen LogP contribution is 2.68. The summed E-state index contributed by atoms with van der Waals surface area (Å²) in [4.78, 5) is 53.9. The minimum absolute atomic E-state index is 0.217. The van der Waals surface area contributed by atoms with Gasteiger partial charge in [-0.15, -0.1) is 0 Å². The molecule has 1 spiro atoms. The third-order valence-electron chi connectivity index (χ3n) is 17.0. The van der Waals surface area contributed by atoms with Crippen molar-refractivity contribution in [1.82, 2.24) is 14.8 Å². The van der Waals surface area contributed by atoms with Gasteiger partial charge in [-0.25, -0.2) is 4.79 Å². The SMILES string of the molecule is CC[C@]12C=CCN3CCC4(c5cc([C@]6(C(=O)OC)CC7CN(CCc8c6[nH]c6ccccc86)CC6CCCCC67)c(OC)cc5N(C)C4[C@](O)(C(=O)OC)C1OC(C)=O)[C@@H]32.COS(=O)(=O)O. The van der Waals surface area contributed by atoms with Gasteiger partial charge in [0.05, 0.1) is 34.5 Å². The monoisotopic (exact) mass is 932 g/mol. The van der Waals surface area contributed by atoms with Crippen LogP contribution < -0.4 is 9.64 Å². The van der Waals surface area contributed by atoms with E-state index in [4.69, 9.17) is 23.5 Å². The van der Waals surface area contributed by atoms with E-state index in [0.717, 1.165) is 78.6 Å². The Morgan fingerprint density at radius 3 is 2.33 bits per heavy atom. The molecular weight excluding hydrogens is 869 g/mol. The van der Waals surface area contributed by atoms with Crippen LogP contribution in [-0.2, 0) is 60.4 Å². The predicted molar refractivity (Wildman–Crippen MR) is 245 cm³/mol. The van der Waals surface area contributed by atoms with Crippen LogP contribution in [0.1, 0.15) is 81.2 Å². The largest absolute Gasteiger partial charge is 0.496 e. The number of benzene rings is 2. The number of nitrogens with one attached hydrogen (secondary N) is 1. The maximum atomic E-state index is 15.5. The number of aromatic nitrogens is 1. The quantitative estimate of drug-likeness (QED) is 0.128. The van der Waals surface area contributed by atoms with Gasteiger partial charge in [-0.1, -0.05) is 50.1 Å². The summed E-state index contributed by atoms with van der Waals surface area (Å²) in [7, 11) is 3.05. The summed E-state index contributed by atoms with van der Waals surface area (Å²) in [6, 6.07) is 11.4. The molecule has 6 heterocycles. The fourth-order valence-corrected chi connectivity index (χ4v) is 14.7.